The fraction of sp³-hybridized carbons (Fsp3) is 0.300. The third-order valence-corrected chi connectivity index (χ3v) is 4.14. The first-order valence-corrected chi connectivity index (χ1v) is 8.91. The molecule has 1 aliphatic carbocycles. The molecule has 0 saturated heterocycles. The highest BCUT2D eigenvalue weighted by Gasteiger charge is 2.26. The van der Waals surface area contributed by atoms with E-state index in [1.165, 1.54) is 0 Å². The van der Waals surface area contributed by atoms with E-state index in [1.807, 2.05) is 0 Å². The highest BCUT2D eigenvalue weighted by atomic mass is 19.3. The van der Waals surface area contributed by atoms with Crippen LogP contribution in [0.25, 0.3) is 0 Å². The topological polar surface area (TPSA) is 59.9 Å². The van der Waals surface area contributed by atoms with Gasteiger partial charge in [-0.3, -0.25) is 4.79 Å². The number of halogens is 4. The second-order valence-electron chi connectivity index (χ2n) is 6.50. The average Bonchev–Trinajstić information content (AvgIpc) is 3.49. The summed E-state index contributed by atoms with van der Waals surface area (Å²) in [6, 6.07) is 10.1. The van der Waals surface area contributed by atoms with Crippen molar-refractivity contribution in [3.8, 4) is 5.75 Å². The number of nitrogens with zero attached hydrogens (tertiary/aromatic N) is 1. The molecule has 2 aromatic carbocycles. The smallest absolute Gasteiger partial charge is 0.387 e. The third-order valence-electron chi connectivity index (χ3n) is 4.14. The van der Waals surface area contributed by atoms with Gasteiger partial charge >= 0.3 is 6.61 Å². The van der Waals surface area contributed by atoms with Crippen LogP contribution in [-0.4, -0.2) is 25.0 Å². The van der Waals surface area contributed by atoms with Gasteiger partial charge in [-0.1, -0.05) is 35.5 Å². The predicted octanol–water partition coefficient (Wildman–Crippen LogP) is 4.01. The lowest BCUT2D eigenvalue weighted by Gasteiger charge is -2.15. The molecule has 0 bridgehead atoms. The summed E-state index contributed by atoms with van der Waals surface area (Å²) >= 11 is 0. The van der Waals surface area contributed by atoms with Crippen molar-refractivity contribution in [2.24, 2.45) is 11.1 Å². The van der Waals surface area contributed by atoms with Gasteiger partial charge in [-0.15, -0.1) is 0 Å². The zero-order chi connectivity index (χ0) is 20.8. The van der Waals surface area contributed by atoms with Crippen molar-refractivity contribution in [1.82, 2.24) is 5.32 Å². The van der Waals surface area contributed by atoms with E-state index >= 15 is 0 Å². The van der Waals surface area contributed by atoms with Crippen LogP contribution >= 0.6 is 0 Å². The summed E-state index contributed by atoms with van der Waals surface area (Å²) in [4.78, 5) is 17.5. The molecule has 1 aliphatic rings. The van der Waals surface area contributed by atoms with E-state index in [9.17, 15) is 22.4 Å². The SMILES string of the molecule is O=C(Cc1ccccc1)N/C(=N\OCC1CC1)c1c(OC(F)F)ccc(F)c1F. The van der Waals surface area contributed by atoms with E-state index in [0.29, 0.717) is 11.6 Å². The van der Waals surface area contributed by atoms with Crippen molar-refractivity contribution in [2.45, 2.75) is 25.9 Å². The van der Waals surface area contributed by atoms with Gasteiger partial charge in [0.1, 0.15) is 17.9 Å². The summed E-state index contributed by atoms with van der Waals surface area (Å²) in [6.07, 6.45) is 1.79. The molecule has 5 nitrogen and oxygen atoms in total. The number of ether oxygens (including phenoxy) is 1. The summed E-state index contributed by atoms with van der Waals surface area (Å²) in [6.45, 7) is -3.08. The van der Waals surface area contributed by atoms with Gasteiger partial charge in [0.15, 0.2) is 17.5 Å². The van der Waals surface area contributed by atoms with Crippen molar-refractivity contribution in [2.75, 3.05) is 6.61 Å². The normalized spacial score (nSPS) is 14.0. The van der Waals surface area contributed by atoms with Crippen LogP contribution < -0.4 is 10.1 Å². The number of carbonyl (C=O) groups is 1. The molecule has 2 aromatic rings. The molecule has 1 amide bonds. The number of nitrogens with one attached hydrogen (secondary N) is 1. The van der Waals surface area contributed by atoms with Crippen molar-refractivity contribution in [1.29, 1.82) is 0 Å². The molecule has 0 aromatic heterocycles. The Labute approximate surface area is 164 Å². The van der Waals surface area contributed by atoms with Gasteiger partial charge < -0.3 is 14.9 Å². The minimum absolute atomic E-state index is 0.0928. The fourth-order valence-electron chi connectivity index (χ4n) is 2.53. The lowest BCUT2D eigenvalue weighted by molar-refractivity contribution is -0.119. The highest BCUT2D eigenvalue weighted by Crippen LogP contribution is 2.29. The first kappa shape index (κ1) is 20.6. The maximum atomic E-state index is 14.5. The Bertz CT molecular complexity index is 887. The standard InChI is InChI=1S/C20H18F4N2O3/c21-14-8-9-15(29-20(23)24)17(18(14)22)19(26-28-11-13-6-7-13)25-16(27)10-12-4-2-1-3-5-12/h1-5,8-9,13,20H,6-7,10-11H2,(H,25,26,27). The Morgan fingerprint density at radius 2 is 1.86 bits per heavy atom. The fourth-order valence-corrected chi connectivity index (χ4v) is 2.53. The molecule has 0 spiro atoms. The molecule has 29 heavy (non-hydrogen) atoms. The van der Waals surface area contributed by atoms with Crippen molar-refractivity contribution >= 4 is 11.7 Å². The van der Waals surface area contributed by atoms with Crippen LogP contribution in [0.5, 0.6) is 5.75 Å². The van der Waals surface area contributed by atoms with Crippen LogP contribution in [0, 0.1) is 17.6 Å². The molecule has 9 heteroatoms. The van der Waals surface area contributed by atoms with Gasteiger partial charge in [0, 0.05) is 0 Å². The van der Waals surface area contributed by atoms with Crippen LogP contribution in [0.1, 0.15) is 24.0 Å². The lowest BCUT2D eigenvalue weighted by Crippen LogP contribution is -2.34. The number of amidine groups is 1. The van der Waals surface area contributed by atoms with Gasteiger partial charge in [-0.2, -0.15) is 8.78 Å². The molecule has 0 heterocycles. The average molecular weight is 410 g/mol. The molecule has 1 fully saturated rings. The van der Waals surface area contributed by atoms with Crippen molar-refractivity contribution in [3.63, 3.8) is 0 Å². The number of rotatable bonds is 8. The summed E-state index contributed by atoms with van der Waals surface area (Å²) in [7, 11) is 0. The monoisotopic (exact) mass is 410 g/mol. The molecule has 0 radical (unpaired) electrons. The molecular weight excluding hydrogens is 392 g/mol. The first-order valence-electron chi connectivity index (χ1n) is 8.91. The Morgan fingerprint density at radius 1 is 1.14 bits per heavy atom. The van der Waals surface area contributed by atoms with Gasteiger partial charge in [-0.25, -0.2) is 8.78 Å². The van der Waals surface area contributed by atoms with E-state index < -0.39 is 41.3 Å². The number of oxime groups is 1. The van der Waals surface area contributed by atoms with E-state index in [0.717, 1.165) is 18.9 Å². The van der Waals surface area contributed by atoms with E-state index in [1.54, 1.807) is 30.3 Å². The zero-order valence-electron chi connectivity index (χ0n) is 15.2. The van der Waals surface area contributed by atoms with Gasteiger partial charge in [0.25, 0.3) is 0 Å². The Morgan fingerprint density at radius 3 is 2.52 bits per heavy atom. The van der Waals surface area contributed by atoms with E-state index in [2.05, 4.69) is 15.2 Å². The number of alkyl halides is 2. The summed E-state index contributed by atoms with van der Waals surface area (Å²) in [5.41, 5.74) is -0.0884. The Kier molecular flexibility index (Phi) is 6.69. The van der Waals surface area contributed by atoms with E-state index in [4.69, 9.17) is 4.84 Å². The van der Waals surface area contributed by atoms with Crippen LogP contribution in [0.4, 0.5) is 17.6 Å². The van der Waals surface area contributed by atoms with Crippen LogP contribution in [0.3, 0.4) is 0 Å². The second-order valence-corrected chi connectivity index (χ2v) is 6.50. The number of benzene rings is 2. The van der Waals surface area contributed by atoms with Gasteiger partial charge in [0.2, 0.25) is 5.91 Å². The molecule has 1 saturated carbocycles. The van der Waals surface area contributed by atoms with Crippen LogP contribution in [-0.2, 0) is 16.1 Å². The van der Waals surface area contributed by atoms with Crippen molar-refractivity contribution < 1.29 is 31.9 Å². The Hall–Kier alpha value is -3.10. The van der Waals surface area contributed by atoms with Gasteiger partial charge in [0.05, 0.1) is 6.42 Å². The van der Waals surface area contributed by atoms with Crippen LogP contribution in [0.2, 0.25) is 0 Å². The molecule has 3 rings (SSSR count). The number of amides is 1. The van der Waals surface area contributed by atoms with Crippen molar-refractivity contribution in [3.05, 3.63) is 65.2 Å². The number of hydrogen-bond donors (Lipinski definition) is 1. The third kappa shape index (κ3) is 5.94. The Balaban J connectivity index is 1.88. The zero-order valence-corrected chi connectivity index (χ0v) is 15.2. The van der Waals surface area contributed by atoms with Gasteiger partial charge in [-0.05, 0) is 36.5 Å². The summed E-state index contributed by atoms with van der Waals surface area (Å²) in [5.74, 6) is -4.34. The predicted molar refractivity (Wildman–Crippen MR) is 96.5 cm³/mol. The minimum atomic E-state index is -3.28. The molecule has 1 N–H and O–H groups in total. The highest BCUT2D eigenvalue weighted by molar-refractivity contribution is 6.09. The largest absolute Gasteiger partial charge is 0.434 e. The summed E-state index contributed by atoms with van der Waals surface area (Å²) < 4.78 is 57.9. The molecule has 154 valence electrons. The molecule has 0 unspecified atom stereocenters. The minimum Gasteiger partial charge on any atom is -0.434 e. The van der Waals surface area contributed by atoms with E-state index in [-0.39, 0.29) is 18.9 Å². The van der Waals surface area contributed by atoms with Crippen LogP contribution in [0.15, 0.2) is 47.6 Å². The second kappa shape index (κ2) is 9.40. The maximum absolute atomic E-state index is 14.5. The number of hydrogen-bond acceptors (Lipinski definition) is 4. The lowest BCUT2D eigenvalue weighted by atomic mass is 10.1. The number of carbonyl (C=O) groups excluding carboxylic acids is 1. The molecule has 0 atom stereocenters. The first-order chi connectivity index (χ1) is 13.9. The maximum Gasteiger partial charge on any atom is 0.387 e. The molecule has 0 aliphatic heterocycles. The molecular formula is C20H18F4N2O3. The summed E-state index contributed by atoms with van der Waals surface area (Å²) in [5, 5.41) is 5.99. The quantitative estimate of drug-likeness (QED) is 0.310.